The minimum absolute atomic E-state index is 0.184. The molecule has 0 aromatic carbocycles. The van der Waals surface area contributed by atoms with Crippen LogP contribution in [0.2, 0.25) is 0 Å². The summed E-state index contributed by atoms with van der Waals surface area (Å²) >= 11 is 0. The van der Waals surface area contributed by atoms with Crippen molar-refractivity contribution in [3.05, 3.63) is 18.0 Å². The second kappa shape index (κ2) is 3.91. The van der Waals surface area contributed by atoms with Gasteiger partial charge in [-0.25, -0.2) is 13.4 Å². The number of fused-ring (bicyclic) bond motifs is 1. The van der Waals surface area contributed by atoms with E-state index in [0.29, 0.717) is 24.6 Å². The lowest BCUT2D eigenvalue weighted by Crippen LogP contribution is -2.40. The van der Waals surface area contributed by atoms with Gasteiger partial charge in [-0.3, -0.25) is 0 Å². The van der Waals surface area contributed by atoms with Crippen molar-refractivity contribution in [3.63, 3.8) is 0 Å². The standard InChI is InChI=1S/C10H13N5O2S/c1-8-11-9-2-3-10(13-15(9)12-8)14-4-6-18(16,17)7-5-14/h2-3H,4-7H2,1H3. The van der Waals surface area contributed by atoms with Crippen LogP contribution in [-0.4, -0.2) is 52.8 Å². The Bertz CT molecular complexity index is 679. The summed E-state index contributed by atoms with van der Waals surface area (Å²) in [6, 6.07) is 3.69. The molecule has 0 spiro atoms. The smallest absolute Gasteiger partial charge is 0.176 e. The van der Waals surface area contributed by atoms with Gasteiger partial charge in [0.1, 0.15) is 5.82 Å². The third-order valence-corrected chi connectivity index (χ3v) is 4.58. The van der Waals surface area contributed by atoms with Crippen molar-refractivity contribution < 1.29 is 8.42 Å². The molecule has 8 heteroatoms. The Kier molecular flexibility index (Phi) is 2.47. The highest BCUT2D eigenvalue weighted by atomic mass is 32.2. The van der Waals surface area contributed by atoms with Gasteiger partial charge in [-0.2, -0.15) is 0 Å². The van der Waals surface area contributed by atoms with Crippen LogP contribution < -0.4 is 4.90 Å². The molecule has 0 unspecified atom stereocenters. The van der Waals surface area contributed by atoms with Crippen LogP contribution >= 0.6 is 0 Å². The van der Waals surface area contributed by atoms with E-state index in [4.69, 9.17) is 0 Å². The van der Waals surface area contributed by atoms with Crippen molar-refractivity contribution >= 4 is 21.3 Å². The van der Waals surface area contributed by atoms with Gasteiger partial charge in [0, 0.05) is 13.1 Å². The van der Waals surface area contributed by atoms with Crippen LogP contribution in [0, 0.1) is 6.92 Å². The van der Waals surface area contributed by atoms with Gasteiger partial charge in [-0.15, -0.1) is 14.8 Å². The Morgan fingerprint density at radius 2 is 1.89 bits per heavy atom. The number of sulfone groups is 1. The minimum Gasteiger partial charge on any atom is -0.353 e. The van der Waals surface area contributed by atoms with Crippen molar-refractivity contribution in [2.24, 2.45) is 0 Å². The van der Waals surface area contributed by atoms with Crippen molar-refractivity contribution in [2.75, 3.05) is 29.5 Å². The molecular weight excluding hydrogens is 254 g/mol. The van der Waals surface area contributed by atoms with E-state index in [1.54, 1.807) is 0 Å². The topological polar surface area (TPSA) is 80.5 Å². The van der Waals surface area contributed by atoms with Crippen molar-refractivity contribution in [2.45, 2.75) is 6.92 Å². The van der Waals surface area contributed by atoms with Crippen LogP contribution in [0.5, 0.6) is 0 Å². The molecule has 1 aliphatic rings. The van der Waals surface area contributed by atoms with Crippen LogP contribution in [0.4, 0.5) is 5.82 Å². The average molecular weight is 267 g/mol. The Labute approximate surface area is 104 Å². The van der Waals surface area contributed by atoms with Crippen molar-refractivity contribution in [3.8, 4) is 0 Å². The zero-order chi connectivity index (χ0) is 12.8. The molecule has 0 atom stereocenters. The molecule has 0 bridgehead atoms. The Hall–Kier alpha value is -1.70. The van der Waals surface area contributed by atoms with Gasteiger partial charge in [0.2, 0.25) is 0 Å². The van der Waals surface area contributed by atoms with Gasteiger partial charge < -0.3 is 4.90 Å². The molecule has 0 saturated carbocycles. The fourth-order valence-corrected chi connectivity index (χ4v) is 3.19. The van der Waals surface area contributed by atoms with Gasteiger partial charge in [-0.1, -0.05) is 0 Å². The highest BCUT2D eigenvalue weighted by Crippen LogP contribution is 2.14. The number of hydrogen-bond acceptors (Lipinski definition) is 6. The van der Waals surface area contributed by atoms with Gasteiger partial charge in [0.05, 0.1) is 11.5 Å². The average Bonchev–Trinajstić information content (AvgIpc) is 2.68. The zero-order valence-electron chi connectivity index (χ0n) is 9.94. The zero-order valence-corrected chi connectivity index (χ0v) is 10.8. The fraction of sp³-hybridized carbons (Fsp3) is 0.500. The summed E-state index contributed by atoms with van der Waals surface area (Å²) in [6.45, 7) is 2.77. The SMILES string of the molecule is Cc1nc2ccc(N3CCS(=O)(=O)CC3)nn2n1. The molecule has 1 fully saturated rings. The Balaban J connectivity index is 1.90. The molecule has 0 aliphatic carbocycles. The van der Waals surface area contributed by atoms with Gasteiger partial charge in [0.25, 0.3) is 0 Å². The quantitative estimate of drug-likeness (QED) is 0.703. The lowest BCUT2D eigenvalue weighted by molar-refractivity contribution is 0.585. The molecular formula is C10H13N5O2S. The van der Waals surface area contributed by atoms with Crippen LogP contribution in [0.15, 0.2) is 12.1 Å². The maximum atomic E-state index is 11.4. The summed E-state index contributed by atoms with van der Waals surface area (Å²) < 4.78 is 24.2. The predicted molar refractivity (Wildman–Crippen MR) is 66.4 cm³/mol. The minimum atomic E-state index is -2.87. The third-order valence-electron chi connectivity index (χ3n) is 2.97. The van der Waals surface area contributed by atoms with Gasteiger partial charge >= 0.3 is 0 Å². The third kappa shape index (κ3) is 2.03. The van der Waals surface area contributed by atoms with Crippen LogP contribution in [0.25, 0.3) is 5.65 Å². The van der Waals surface area contributed by atoms with Crippen LogP contribution in [-0.2, 0) is 9.84 Å². The molecule has 18 heavy (non-hydrogen) atoms. The number of rotatable bonds is 1. The second-order valence-corrected chi connectivity index (χ2v) is 6.64. The maximum Gasteiger partial charge on any atom is 0.176 e. The van der Waals surface area contributed by atoms with Crippen LogP contribution in [0.3, 0.4) is 0 Å². The number of aromatic nitrogens is 4. The van der Waals surface area contributed by atoms with Gasteiger partial charge in [0.15, 0.2) is 21.3 Å². The van der Waals surface area contributed by atoms with E-state index < -0.39 is 9.84 Å². The summed E-state index contributed by atoms with van der Waals surface area (Å²) in [5, 5.41) is 8.49. The molecule has 3 rings (SSSR count). The predicted octanol–water partition coefficient (Wildman–Crippen LogP) is -0.332. The lowest BCUT2D eigenvalue weighted by Gasteiger charge is -2.27. The van der Waals surface area contributed by atoms with Gasteiger partial charge in [-0.05, 0) is 19.1 Å². The highest BCUT2D eigenvalue weighted by Gasteiger charge is 2.22. The number of aryl methyl sites for hydroxylation is 1. The first kappa shape index (κ1) is 11.4. The first-order chi connectivity index (χ1) is 8.53. The first-order valence-electron chi connectivity index (χ1n) is 5.70. The van der Waals surface area contributed by atoms with Crippen molar-refractivity contribution in [1.82, 2.24) is 19.8 Å². The second-order valence-electron chi connectivity index (χ2n) is 4.34. The molecule has 2 aromatic heterocycles. The van der Waals surface area contributed by atoms with Crippen LogP contribution in [0.1, 0.15) is 5.82 Å². The largest absolute Gasteiger partial charge is 0.353 e. The van der Waals surface area contributed by atoms with E-state index >= 15 is 0 Å². The van der Waals surface area contributed by atoms with E-state index in [9.17, 15) is 8.42 Å². The molecule has 7 nitrogen and oxygen atoms in total. The van der Waals surface area contributed by atoms with E-state index in [1.807, 2.05) is 24.0 Å². The molecule has 1 aliphatic heterocycles. The Morgan fingerprint density at radius 1 is 1.17 bits per heavy atom. The number of anilines is 1. The molecule has 2 aromatic rings. The lowest BCUT2D eigenvalue weighted by atomic mass is 10.4. The Morgan fingerprint density at radius 3 is 2.61 bits per heavy atom. The summed E-state index contributed by atoms with van der Waals surface area (Å²) in [5.74, 6) is 1.77. The van der Waals surface area contributed by atoms with E-state index in [0.717, 1.165) is 5.82 Å². The molecule has 1 saturated heterocycles. The summed E-state index contributed by atoms with van der Waals surface area (Å²) in [5.41, 5.74) is 0.695. The first-order valence-corrected chi connectivity index (χ1v) is 7.52. The molecule has 3 heterocycles. The van der Waals surface area contributed by atoms with E-state index in [2.05, 4.69) is 15.2 Å². The fourth-order valence-electron chi connectivity index (χ4n) is 1.99. The summed E-state index contributed by atoms with van der Waals surface area (Å²) in [7, 11) is -2.87. The summed E-state index contributed by atoms with van der Waals surface area (Å²) in [4.78, 5) is 6.15. The van der Waals surface area contributed by atoms with E-state index in [-0.39, 0.29) is 11.5 Å². The summed E-state index contributed by atoms with van der Waals surface area (Å²) in [6.07, 6.45) is 0. The molecule has 96 valence electrons. The maximum absolute atomic E-state index is 11.4. The monoisotopic (exact) mass is 267 g/mol. The molecule has 0 N–H and O–H groups in total. The highest BCUT2D eigenvalue weighted by molar-refractivity contribution is 7.91. The van der Waals surface area contributed by atoms with Crippen molar-refractivity contribution in [1.29, 1.82) is 0 Å². The molecule has 0 radical (unpaired) electrons. The normalized spacial score (nSPS) is 19.3. The molecule has 0 amide bonds. The van der Waals surface area contributed by atoms with E-state index in [1.165, 1.54) is 4.63 Å². The number of nitrogens with zero attached hydrogens (tertiary/aromatic N) is 5. The number of hydrogen-bond donors (Lipinski definition) is 0.